The molecule has 0 aliphatic carbocycles. The minimum atomic E-state index is 0.583. The van der Waals surface area contributed by atoms with Gasteiger partial charge in [0.1, 0.15) is 28.9 Å². The summed E-state index contributed by atoms with van der Waals surface area (Å²) in [6.07, 6.45) is 1.52. The largest absolute Gasteiger partial charge is 0.497 e. The Morgan fingerprint density at radius 2 is 1.88 bits per heavy atom. The average Bonchev–Trinajstić information content (AvgIpc) is 3.02. The molecule has 0 atom stereocenters. The van der Waals surface area contributed by atoms with E-state index in [1.165, 1.54) is 6.33 Å². The lowest BCUT2D eigenvalue weighted by molar-refractivity contribution is 0.395. The lowest BCUT2D eigenvalue weighted by atomic mass is 10.2. The van der Waals surface area contributed by atoms with Gasteiger partial charge in [0.15, 0.2) is 11.4 Å². The Labute approximate surface area is 138 Å². The highest BCUT2D eigenvalue weighted by molar-refractivity contribution is 6.05. The minimum Gasteiger partial charge on any atom is -0.497 e. The van der Waals surface area contributed by atoms with Gasteiger partial charge in [-0.3, -0.25) is 0 Å². The van der Waals surface area contributed by atoms with Crippen molar-refractivity contribution in [1.29, 1.82) is 0 Å². The molecule has 0 radical (unpaired) electrons. The molecule has 0 saturated carbocycles. The number of hydrogen-bond acceptors (Lipinski definition) is 6. The van der Waals surface area contributed by atoms with E-state index in [0.717, 1.165) is 22.2 Å². The van der Waals surface area contributed by atoms with E-state index in [2.05, 4.69) is 15.3 Å². The predicted octanol–water partition coefficient (Wildman–Crippen LogP) is 4.14. The molecule has 0 spiro atoms. The summed E-state index contributed by atoms with van der Waals surface area (Å²) in [7, 11) is 3.22. The summed E-state index contributed by atoms with van der Waals surface area (Å²) >= 11 is 0. The van der Waals surface area contributed by atoms with Crippen molar-refractivity contribution in [2.75, 3.05) is 19.5 Å². The van der Waals surface area contributed by atoms with E-state index in [-0.39, 0.29) is 0 Å². The average molecular weight is 321 g/mol. The molecule has 24 heavy (non-hydrogen) atoms. The van der Waals surface area contributed by atoms with Crippen molar-refractivity contribution < 1.29 is 13.9 Å². The summed E-state index contributed by atoms with van der Waals surface area (Å²) in [5.74, 6) is 1.95. The highest BCUT2D eigenvalue weighted by Crippen LogP contribution is 2.35. The highest BCUT2D eigenvalue weighted by Gasteiger charge is 2.14. The van der Waals surface area contributed by atoms with Crippen LogP contribution in [0.3, 0.4) is 0 Å². The second-order valence-corrected chi connectivity index (χ2v) is 5.19. The van der Waals surface area contributed by atoms with Crippen molar-refractivity contribution in [2.45, 2.75) is 0 Å². The van der Waals surface area contributed by atoms with Crippen LogP contribution >= 0.6 is 0 Å². The fraction of sp³-hybridized carbons (Fsp3) is 0.111. The number of furan rings is 1. The standard InChI is InChI=1S/C18H15N3O3/c1-22-11-7-8-13(15(9-11)23-2)21-18-17-16(19-10-20-18)12-5-3-4-6-14(12)24-17/h3-10H,1-2H3,(H,19,20,21). The van der Waals surface area contributed by atoms with Crippen LogP contribution in [-0.4, -0.2) is 24.2 Å². The molecular weight excluding hydrogens is 306 g/mol. The molecule has 1 N–H and O–H groups in total. The van der Waals surface area contributed by atoms with Crippen LogP contribution in [0.2, 0.25) is 0 Å². The van der Waals surface area contributed by atoms with Crippen LogP contribution in [-0.2, 0) is 0 Å². The molecule has 0 fully saturated rings. The Bertz CT molecular complexity index is 1030. The first-order valence-electron chi connectivity index (χ1n) is 7.41. The molecule has 4 rings (SSSR count). The van der Waals surface area contributed by atoms with Gasteiger partial charge in [-0.05, 0) is 24.3 Å². The van der Waals surface area contributed by atoms with Crippen molar-refractivity contribution in [3.63, 3.8) is 0 Å². The Balaban J connectivity index is 1.83. The number of hydrogen-bond donors (Lipinski definition) is 1. The number of fused-ring (bicyclic) bond motifs is 3. The Morgan fingerprint density at radius 1 is 1.00 bits per heavy atom. The molecule has 2 aromatic heterocycles. The number of para-hydroxylation sites is 1. The number of nitrogens with one attached hydrogen (secondary N) is 1. The van der Waals surface area contributed by atoms with Gasteiger partial charge in [0.25, 0.3) is 0 Å². The van der Waals surface area contributed by atoms with Crippen molar-refractivity contribution in [1.82, 2.24) is 9.97 Å². The molecule has 0 bridgehead atoms. The third-order valence-corrected chi connectivity index (χ3v) is 3.82. The Kier molecular flexibility index (Phi) is 3.42. The first-order valence-corrected chi connectivity index (χ1v) is 7.41. The zero-order chi connectivity index (χ0) is 16.5. The van der Waals surface area contributed by atoms with Crippen LogP contribution in [0.4, 0.5) is 11.5 Å². The third kappa shape index (κ3) is 2.28. The first-order chi connectivity index (χ1) is 11.8. The van der Waals surface area contributed by atoms with Gasteiger partial charge >= 0.3 is 0 Å². The van der Waals surface area contributed by atoms with E-state index in [1.54, 1.807) is 20.3 Å². The van der Waals surface area contributed by atoms with E-state index < -0.39 is 0 Å². The maximum Gasteiger partial charge on any atom is 0.196 e. The fourth-order valence-corrected chi connectivity index (χ4v) is 2.64. The van der Waals surface area contributed by atoms with Crippen LogP contribution in [0, 0.1) is 0 Å². The molecule has 0 aliphatic heterocycles. The van der Waals surface area contributed by atoms with Crippen molar-refractivity contribution in [3.05, 3.63) is 48.8 Å². The summed E-state index contributed by atoms with van der Waals surface area (Å²) in [5.41, 5.74) is 2.92. The zero-order valence-corrected chi connectivity index (χ0v) is 13.2. The van der Waals surface area contributed by atoms with E-state index in [9.17, 15) is 0 Å². The van der Waals surface area contributed by atoms with Gasteiger partial charge in [-0.2, -0.15) is 0 Å². The van der Waals surface area contributed by atoms with Gasteiger partial charge in [0.2, 0.25) is 0 Å². The lowest BCUT2D eigenvalue weighted by Crippen LogP contribution is -1.98. The molecule has 6 nitrogen and oxygen atoms in total. The van der Waals surface area contributed by atoms with Gasteiger partial charge in [-0.25, -0.2) is 9.97 Å². The number of anilines is 2. The second kappa shape index (κ2) is 5.73. The Morgan fingerprint density at radius 3 is 2.71 bits per heavy atom. The number of methoxy groups -OCH3 is 2. The van der Waals surface area contributed by atoms with E-state index >= 15 is 0 Å². The normalized spacial score (nSPS) is 10.9. The maximum atomic E-state index is 5.92. The van der Waals surface area contributed by atoms with Gasteiger partial charge in [-0.15, -0.1) is 0 Å². The van der Waals surface area contributed by atoms with E-state index in [0.29, 0.717) is 22.9 Å². The van der Waals surface area contributed by atoms with Crippen LogP contribution in [0.15, 0.2) is 53.2 Å². The molecule has 6 heteroatoms. The van der Waals surface area contributed by atoms with Crippen molar-refractivity contribution >= 4 is 33.6 Å². The highest BCUT2D eigenvalue weighted by atomic mass is 16.5. The van der Waals surface area contributed by atoms with Gasteiger partial charge in [0, 0.05) is 11.5 Å². The molecule has 4 aromatic rings. The quantitative estimate of drug-likeness (QED) is 0.609. The lowest BCUT2D eigenvalue weighted by Gasteiger charge is -2.11. The maximum absolute atomic E-state index is 5.92. The molecule has 0 saturated heterocycles. The predicted molar refractivity (Wildman–Crippen MR) is 92.1 cm³/mol. The number of ether oxygens (including phenoxy) is 2. The number of benzene rings is 2. The van der Waals surface area contributed by atoms with Crippen molar-refractivity contribution in [2.24, 2.45) is 0 Å². The van der Waals surface area contributed by atoms with E-state index in [4.69, 9.17) is 13.9 Å². The van der Waals surface area contributed by atoms with Crippen LogP contribution < -0.4 is 14.8 Å². The van der Waals surface area contributed by atoms with Crippen LogP contribution in [0.25, 0.3) is 22.1 Å². The minimum absolute atomic E-state index is 0.583. The summed E-state index contributed by atoms with van der Waals surface area (Å²) < 4.78 is 16.6. The van der Waals surface area contributed by atoms with Gasteiger partial charge in [-0.1, -0.05) is 12.1 Å². The van der Waals surface area contributed by atoms with Gasteiger partial charge < -0.3 is 19.2 Å². The monoisotopic (exact) mass is 321 g/mol. The fourth-order valence-electron chi connectivity index (χ4n) is 2.64. The molecule has 0 amide bonds. The summed E-state index contributed by atoms with van der Waals surface area (Å²) in [6.45, 7) is 0. The molecule has 0 aliphatic rings. The SMILES string of the molecule is COc1ccc(Nc2ncnc3c2oc2ccccc23)c(OC)c1. The number of rotatable bonds is 4. The van der Waals surface area contributed by atoms with Gasteiger partial charge in [0.05, 0.1) is 19.9 Å². The molecule has 2 heterocycles. The molecular formula is C18H15N3O3. The smallest absolute Gasteiger partial charge is 0.196 e. The summed E-state index contributed by atoms with van der Waals surface area (Å²) in [6, 6.07) is 13.3. The van der Waals surface area contributed by atoms with E-state index in [1.807, 2.05) is 36.4 Å². The number of aromatic nitrogens is 2. The molecule has 120 valence electrons. The molecule has 2 aromatic carbocycles. The molecule has 0 unspecified atom stereocenters. The Hall–Kier alpha value is -3.28. The third-order valence-electron chi connectivity index (χ3n) is 3.82. The number of nitrogens with zero attached hydrogens (tertiary/aromatic N) is 2. The van der Waals surface area contributed by atoms with Crippen molar-refractivity contribution in [3.8, 4) is 11.5 Å². The van der Waals surface area contributed by atoms with Crippen LogP contribution in [0.1, 0.15) is 0 Å². The second-order valence-electron chi connectivity index (χ2n) is 5.19. The summed E-state index contributed by atoms with van der Waals surface area (Å²) in [5, 5.41) is 4.21. The van der Waals surface area contributed by atoms with Crippen LogP contribution in [0.5, 0.6) is 11.5 Å². The topological polar surface area (TPSA) is 69.4 Å². The zero-order valence-electron chi connectivity index (χ0n) is 13.2. The first kappa shape index (κ1) is 14.3. The summed E-state index contributed by atoms with van der Waals surface area (Å²) in [4.78, 5) is 8.66.